The molecule has 0 unspecified atom stereocenters. The van der Waals surface area contributed by atoms with Crippen LogP contribution >= 0.6 is 11.6 Å². The number of amides is 1. The van der Waals surface area contributed by atoms with Gasteiger partial charge in [-0.05, 0) is 59.0 Å². The topological polar surface area (TPSA) is 70.6 Å². The lowest BCUT2D eigenvalue weighted by Crippen LogP contribution is -2.45. The lowest BCUT2D eigenvalue weighted by atomic mass is 10.1. The third kappa shape index (κ3) is 5.16. The van der Waals surface area contributed by atoms with Crippen LogP contribution in [0.5, 0.6) is 5.75 Å². The van der Waals surface area contributed by atoms with E-state index in [9.17, 15) is 4.79 Å². The Morgan fingerprint density at radius 1 is 1.07 bits per heavy atom. The fourth-order valence-electron chi connectivity index (χ4n) is 3.14. The van der Waals surface area contributed by atoms with E-state index in [1.165, 1.54) is 0 Å². The van der Waals surface area contributed by atoms with Crippen LogP contribution < -0.4 is 15.0 Å². The SMILES string of the molecule is Cc1nc(N2CCN(C)CC2)nc(C)c1NC(=O)C(C)(C)Oc1ccc(Cl)cc1. The first-order valence-corrected chi connectivity index (χ1v) is 10.1. The molecule has 0 saturated carbocycles. The summed E-state index contributed by atoms with van der Waals surface area (Å²) in [7, 11) is 2.11. The van der Waals surface area contributed by atoms with Crippen LogP contribution in [0.15, 0.2) is 24.3 Å². The molecule has 7 nitrogen and oxygen atoms in total. The summed E-state index contributed by atoms with van der Waals surface area (Å²) in [6, 6.07) is 6.93. The number of benzene rings is 1. The van der Waals surface area contributed by atoms with Gasteiger partial charge in [-0.25, -0.2) is 9.97 Å². The fraction of sp³-hybridized carbons (Fsp3) is 0.476. The highest BCUT2D eigenvalue weighted by atomic mass is 35.5. The van der Waals surface area contributed by atoms with Gasteiger partial charge in [0.1, 0.15) is 5.75 Å². The van der Waals surface area contributed by atoms with Gasteiger partial charge in [-0.15, -0.1) is 0 Å². The van der Waals surface area contributed by atoms with E-state index >= 15 is 0 Å². The molecular formula is C21H28ClN5O2. The maximum absolute atomic E-state index is 12.9. The number of likely N-dealkylation sites (N-methyl/N-ethyl adjacent to an activating group) is 1. The summed E-state index contributed by atoms with van der Waals surface area (Å²) in [5.74, 6) is 1.02. The van der Waals surface area contributed by atoms with Gasteiger partial charge in [0.15, 0.2) is 5.60 Å². The van der Waals surface area contributed by atoms with E-state index in [0.717, 1.165) is 37.6 Å². The van der Waals surface area contributed by atoms with Gasteiger partial charge in [0, 0.05) is 31.2 Å². The summed E-state index contributed by atoms with van der Waals surface area (Å²) in [5, 5.41) is 3.56. The maximum atomic E-state index is 12.9. The van der Waals surface area contributed by atoms with Crippen molar-refractivity contribution in [2.45, 2.75) is 33.3 Å². The Labute approximate surface area is 177 Å². The average molecular weight is 418 g/mol. The first-order valence-electron chi connectivity index (χ1n) is 9.70. The van der Waals surface area contributed by atoms with Crippen molar-refractivity contribution in [3.05, 3.63) is 40.7 Å². The lowest BCUT2D eigenvalue weighted by molar-refractivity contribution is -0.128. The van der Waals surface area contributed by atoms with Crippen molar-refractivity contribution >= 4 is 29.1 Å². The van der Waals surface area contributed by atoms with Gasteiger partial charge in [-0.1, -0.05) is 11.6 Å². The largest absolute Gasteiger partial charge is 0.478 e. The van der Waals surface area contributed by atoms with Crippen LogP contribution in [0.2, 0.25) is 5.02 Å². The monoisotopic (exact) mass is 417 g/mol. The van der Waals surface area contributed by atoms with Gasteiger partial charge in [0.25, 0.3) is 5.91 Å². The van der Waals surface area contributed by atoms with Crippen molar-refractivity contribution < 1.29 is 9.53 Å². The predicted molar refractivity (Wildman–Crippen MR) is 116 cm³/mol. The van der Waals surface area contributed by atoms with Crippen LogP contribution in [0.1, 0.15) is 25.2 Å². The molecule has 1 amide bonds. The molecule has 1 aromatic carbocycles. The molecular weight excluding hydrogens is 390 g/mol. The molecule has 1 aromatic heterocycles. The number of carbonyl (C=O) groups is 1. The third-order valence-corrected chi connectivity index (χ3v) is 5.27. The molecule has 3 rings (SSSR count). The van der Waals surface area contributed by atoms with Gasteiger partial charge >= 0.3 is 0 Å². The van der Waals surface area contributed by atoms with Crippen LogP contribution in [-0.4, -0.2) is 59.6 Å². The molecule has 0 spiro atoms. The number of nitrogens with one attached hydrogen (secondary N) is 1. The van der Waals surface area contributed by atoms with Crippen molar-refractivity contribution in [1.29, 1.82) is 0 Å². The van der Waals surface area contributed by atoms with Crippen molar-refractivity contribution in [2.24, 2.45) is 0 Å². The van der Waals surface area contributed by atoms with Crippen molar-refractivity contribution in [3.63, 3.8) is 0 Å². The average Bonchev–Trinajstić information content (AvgIpc) is 2.66. The predicted octanol–water partition coefficient (Wildman–Crippen LogP) is 3.29. The number of anilines is 2. The number of hydrogen-bond acceptors (Lipinski definition) is 6. The number of rotatable bonds is 5. The highest BCUT2D eigenvalue weighted by Gasteiger charge is 2.31. The van der Waals surface area contributed by atoms with E-state index in [1.807, 2.05) is 13.8 Å². The summed E-state index contributed by atoms with van der Waals surface area (Å²) in [4.78, 5) is 26.6. The van der Waals surface area contributed by atoms with Gasteiger partial charge in [0.2, 0.25) is 5.95 Å². The molecule has 1 aliphatic rings. The van der Waals surface area contributed by atoms with E-state index in [-0.39, 0.29) is 5.91 Å². The summed E-state index contributed by atoms with van der Waals surface area (Å²) >= 11 is 5.91. The Morgan fingerprint density at radius 2 is 1.62 bits per heavy atom. The van der Waals surface area contributed by atoms with E-state index < -0.39 is 5.60 Å². The molecule has 0 bridgehead atoms. The second-order valence-electron chi connectivity index (χ2n) is 7.88. The second kappa shape index (κ2) is 8.55. The maximum Gasteiger partial charge on any atom is 0.268 e. The molecule has 0 radical (unpaired) electrons. The minimum Gasteiger partial charge on any atom is -0.478 e. The molecule has 2 heterocycles. The zero-order chi connectivity index (χ0) is 21.2. The molecule has 0 aliphatic carbocycles. The summed E-state index contributed by atoms with van der Waals surface area (Å²) < 4.78 is 5.88. The Balaban J connectivity index is 1.73. The highest BCUT2D eigenvalue weighted by Crippen LogP contribution is 2.25. The third-order valence-electron chi connectivity index (χ3n) is 5.02. The van der Waals surface area contributed by atoms with Crippen molar-refractivity contribution in [1.82, 2.24) is 14.9 Å². The van der Waals surface area contributed by atoms with Crippen molar-refractivity contribution in [3.8, 4) is 5.75 Å². The number of aryl methyl sites for hydroxylation is 2. The standard InChI is InChI=1S/C21H28ClN5O2/c1-14-18(15(2)24-20(23-14)27-12-10-26(5)11-13-27)25-19(28)21(3,4)29-17-8-6-16(22)7-9-17/h6-9H,10-13H2,1-5H3,(H,25,28). The van der Waals surface area contributed by atoms with Crippen LogP contribution in [0.25, 0.3) is 0 Å². The smallest absolute Gasteiger partial charge is 0.268 e. The lowest BCUT2D eigenvalue weighted by Gasteiger charge is -2.33. The minimum atomic E-state index is -1.08. The molecule has 1 saturated heterocycles. The molecule has 1 aliphatic heterocycles. The van der Waals surface area contributed by atoms with E-state index in [1.54, 1.807) is 38.1 Å². The highest BCUT2D eigenvalue weighted by molar-refractivity contribution is 6.30. The summed E-state index contributed by atoms with van der Waals surface area (Å²) in [5.41, 5.74) is 1.02. The zero-order valence-corrected chi connectivity index (χ0v) is 18.4. The number of halogens is 1. The quantitative estimate of drug-likeness (QED) is 0.804. The molecule has 1 N–H and O–H groups in total. The normalized spacial score (nSPS) is 15.3. The van der Waals surface area contributed by atoms with Crippen LogP contribution in [0.3, 0.4) is 0 Å². The number of hydrogen-bond donors (Lipinski definition) is 1. The molecule has 8 heteroatoms. The first kappa shape index (κ1) is 21.3. The van der Waals surface area contributed by atoms with Gasteiger partial charge < -0.3 is 19.9 Å². The fourth-order valence-corrected chi connectivity index (χ4v) is 3.26. The molecule has 29 heavy (non-hydrogen) atoms. The Hall–Kier alpha value is -2.38. The van der Waals surface area contributed by atoms with E-state index in [0.29, 0.717) is 22.4 Å². The summed E-state index contributed by atoms with van der Waals surface area (Å²) in [6.45, 7) is 11.0. The number of nitrogens with zero attached hydrogens (tertiary/aromatic N) is 4. The van der Waals surface area contributed by atoms with E-state index in [4.69, 9.17) is 16.3 Å². The number of carbonyl (C=O) groups excluding carboxylic acids is 1. The van der Waals surface area contributed by atoms with Crippen LogP contribution in [-0.2, 0) is 4.79 Å². The Bertz CT molecular complexity index is 854. The number of ether oxygens (including phenoxy) is 1. The summed E-state index contributed by atoms with van der Waals surface area (Å²) in [6.07, 6.45) is 0. The number of aromatic nitrogens is 2. The molecule has 2 aromatic rings. The number of piperazine rings is 1. The molecule has 1 fully saturated rings. The van der Waals surface area contributed by atoms with Gasteiger partial charge in [-0.3, -0.25) is 4.79 Å². The van der Waals surface area contributed by atoms with Gasteiger partial charge in [0.05, 0.1) is 17.1 Å². The van der Waals surface area contributed by atoms with E-state index in [2.05, 4.69) is 32.1 Å². The minimum absolute atomic E-state index is 0.269. The van der Waals surface area contributed by atoms with Crippen LogP contribution in [0.4, 0.5) is 11.6 Å². The second-order valence-corrected chi connectivity index (χ2v) is 8.32. The Morgan fingerprint density at radius 3 is 2.17 bits per heavy atom. The first-order chi connectivity index (χ1) is 13.7. The van der Waals surface area contributed by atoms with Crippen molar-refractivity contribution in [2.75, 3.05) is 43.4 Å². The van der Waals surface area contributed by atoms with Gasteiger partial charge in [-0.2, -0.15) is 0 Å². The molecule has 0 atom stereocenters. The molecule has 156 valence electrons. The zero-order valence-electron chi connectivity index (χ0n) is 17.6. The Kier molecular flexibility index (Phi) is 6.29. The van der Waals surface area contributed by atoms with Crippen LogP contribution in [0, 0.1) is 13.8 Å².